The third-order valence-electron chi connectivity index (χ3n) is 4.33. The molecular weight excluding hydrogens is 390 g/mol. The molecule has 28 heavy (non-hydrogen) atoms. The number of carbonyl (C=O) groups is 1. The molecule has 0 bridgehead atoms. The van der Waals surface area contributed by atoms with Gasteiger partial charge in [-0.3, -0.25) is 4.79 Å². The fraction of sp³-hybridized carbons (Fsp3) is 0.400. The van der Waals surface area contributed by atoms with E-state index in [1.807, 2.05) is 18.4 Å². The molecule has 3 rings (SSSR count). The molecule has 0 aliphatic rings. The monoisotopic (exact) mass is 415 g/mol. The van der Waals surface area contributed by atoms with Crippen molar-refractivity contribution in [1.29, 1.82) is 0 Å². The van der Waals surface area contributed by atoms with Gasteiger partial charge in [-0.05, 0) is 34.6 Å². The van der Waals surface area contributed by atoms with Gasteiger partial charge in [-0.25, -0.2) is 4.98 Å². The van der Waals surface area contributed by atoms with Crippen LogP contribution >= 0.6 is 23.1 Å². The Hall–Kier alpha value is -2.19. The number of hydrogen-bond acceptors (Lipinski definition) is 6. The van der Waals surface area contributed by atoms with Crippen LogP contribution in [0.25, 0.3) is 10.6 Å². The highest BCUT2D eigenvalue weighted by Gasteiger charge is 2.18. The minimum Gasteiger partial charge on any atom is -0.348 e. The zero-order valence-electron chi connectivity index (χ0n) is 16.8. The first-order valence-electron chi connectivity index (χ1n) is 9.21. The molecular formula is C20H25N5OS2. The summed E-state index contributed by atoms with van der Waals surface area (Å²) in [6.07, 6.45) is 1.70. The molecule has 0 aliphatic heterocycles. The summed E-state index contributed by atoms with van der Waals surface area (Å²) in [5.74, 6) is 0.277. The van der Waals surface area contributed by atoms with Crippen molar-refractivity contribution in [1.82, 2.24) is 25.1 Å². The van der Waals surface area contributed by atoms with Gasteiger partial charge in [-0.1, -0.05) is 41.6 Å². The van der Waals surface area contributed by atoms with Crippen LogP contribution in [0.1, 0.15) is 49.0 Å². The number of amides is 1. The van der Waals surface area contributed by atoms with Crippen LogP contribution in [0.3, 0.4) is 0 Å². The van der Waals surface area contributed by atoms with Gasteiger partial charge in [-0.15, -0.1) is 21.5 Å². The maximum Gasteiger partial charge on any atom is 0.230 e. The van der Waals surface area contributed by atoms with E-state index in [0.717, 1.165) is 26.3 Å². The van der Waals surface area contributed by atoms with Gasteiger partial charge in [0.15, 0.2) is 5.16 Å². The quantitative estimate of drug-likeness (QED) is 0.572. The molecule has 0 aliphatic carbocycles. The highest BCUT2D eigenvalue weighted by molar-refractivity contribution is 7.99. The molecule has 3 aromatic rings. The molecule has 2 aromatic heterocycles. The van der Waals surface area contributed by atoms with Crippen molar-refractivity contribution in [2.24, 2.45) is 0 Å². The number of hydrogen-bond donors (Lipinski definition) is 1. The minimum absolute atomic E-state index is 0.0273. The van der Waals surface area contributed by atoms with Gasteiger partial charge in [0, 0.05) is 11.6 Å². The first kappa shape index (κ1) is 20.5. The van der Waals surface area contributed by atoms with Crippen LogP contribution in [-0.4, -0.2) is 31.4 Å². The Morgan fingerprint density at radius 1 is 1.21 bits per heavy atom. The van der Waals surface area contributed by atoms with Gasteiger partial charge >= 0.3 is 0 Å². The van der Waals surface area contributed by atoms with Crippen molar-refractivity contribution in [3.05, 3.63) is 46.7 Å². The van der Waals surface area contributed by atoms with Crippen LogP contribution in [0.2, 0.25) is 0 Å². The summed E-state index contributed by atoms with van der Waals surface area (Å²) in [5, 5.41) is 12.8. The zero-order valence-corrected chi connectivity index (χ0v) is 18.4. The third kappa shape index (κ3) is 4.80. The molecule has 0 saturated heterocycles. The standard InChI is InChI=1S/C20H25N5OS2/c1-12(2)25-11-21-24-20(25)27-10-17(26)22-14(4)18-15(5)23-19(28-18)16-8-6-13(3)7-9-16/h6-9,11-12,14H,10H2,1-5H3,(H,22,26). The van der Waals surface area contributed by atoms with Crippen LogP contribution in [0, 0.1) is 13.8 Å². The molecule has 2 heterocycles. The fourth-order valence-corrected chi connectivity index (χ4v) is 4.73. The van der Waals surface area contributed by atoms with Crippen molar-refractivity contribution in [3.63, 3.8) is 0 Å². The predicted octanol–water partition coefficient (Wildman–Crippen LogP) is 4.57. The SMILES string of the molecule is Cc1ccc(-c2nc(C)c(C(C)NC(=O)CSc3nncn3C(C)C)s2)cc1. The van der Waals surface area contributed by atoms with E-state index in [-0.39, 0.29) is 18.0 Å². The second-order valence-electron chi connectivity index (χ2n) is 7.03. The summed E-state index contributed by atoms with van der Waals surface area (Å²) in [4.78, 5) is 18.2. The van der Waals surface area contributed by atoms with Gasteiger partial charge in [0.2, 0.25) is 5.91 Å². The van der Waals surface area contributed by atoms with E-state index >= 15 is 0 Å². The molecule has 1 unspecified atom stereocenters. The topological polar surface area (TPSA) is 72.7 Å². The van der Waals surface area contributed by atoms with Crippen molar-refractivity contribution >= 4 is 29.0 Å². The summed E-state index contributed by atoms with van der Waals surface area (Å²) in [7, 11) is 0. The number of nitrogens with zero attached hydrogens (tertiary/aromatic N) is 4. The lowest BCUT2D eigenvalue weighted by atomic mass is 10.2. The fourth-order valence-electron chi connectivity index (χ4n) is 2.80. The Morgan fingerprint density at radius 3 is 2.61 bits per heavy atom. The van der Waals surface area contributed by atoms with Gasteiger partial charge in [-0.2, -0.15) is 0 Å². The maximum atomic E-state index is 12.4. The summed E-state index contributed by atoms with van der Waals surface area (Å²) in [6, 6.07) is 8.52. The molecule has 1 atom stereocenters. The number of thioether (sulfide) groups is 1. The minimum atomic E-state index is -0.0900. The van der Waals surface area contributed by atoms with Crippen molar-refractivity contribution < 1.29 is 4.79 Å². The van der Waals surface area contributed by atoms with E-state index in [1.165, 1.54) is 17.3 Å². The summed E-state index contributed by atoms with van der Waals surface area (Å²) >= 11 is 3.03. The summed E-state index contributed by atoms with van der Waals surface area (Å²) in [6.45, 7) is 10.2. The number of aromatic nitrogens is 4. The van der Waals surface area contributed by atoms with E-state index in [0.29, 0.717) is 5.75 Å². The number of nitrogens with one attached hydrogen (secondary N) is 1. The number of aryl methyl sites for hydroxylation is 2. The van der Waals surface area contributed by atoms with Gasteiger partial charge < -0.3 is 9.88 Å². The molecule has 6 nitrogen and oxygen atoms in total. The lowest BCUT2D eigenvalue weighted by molar-refractivity contribution is -0.119. The highest BCUT2D eigenvalue weighted by Crippen LogP contribution is 2.32. The smallest absolute Gasteiger partial charge is 0.230 e. The Balaban J connectivity index is 1.62. The first-order chi connectivity index (χ1) is 13.3. The number of carbonyl (C=O) groups excluding carboxylic acids is 1. The number of rotatable bonds is 7. The molecule has 0 spiro atoms. The number of benzene rings is 1. The highest BCUT2D eigenvalue weighted by atomic mass is 32.2. The molecule has 0 saturated carbocycles. The van der Waals surface area contributed by atoms with Gasteiger partial charge in [0.05, 0.1) is 22.4 Å². The second-order valence-corrected chi connectivity index (χ2v) is 9.00. The Bertz CT molecular complexity index is 946. The predicted molar refractivity (Wildman–Crippen MR) is 115 cm³/mol. The summed E-state index contributed by atoms with van der Waals surface area (Å²) in [5.41, 5.74) is 3.29. The largest absolute Gasteiger partial charge is 0.348 e. The van der Waals surface area contributed by atoms with E-state index < -0.39 is 0 Å². The van der Waals surface area contributed by atoms with Crippen LogP contribution in [0.15, 0.2) is 35.7 Å². The molecule has 0 radical (unpaired) electrons. The van der Waals surface area contributed by atoms with E-state index in [1.54, 1.807) is 17.7 Å². The van der Waals surface area contributed by atoms with Crippen LogP contribution in [0.4, 0.5) is 0 Å². The van der Waals surface area contributed by atoms with Crippen LogP contribution in [-0.2, 0) is 4.79 Å². The summed E-state index contributed by atoms with van der Waals surface area (Å²) < 4.78 is 1.96. The van der Waals surface area contributed by atoms with Crippen LogP contribution in [0.5, 0.6) is 0 Å². The zero-order chi connectivity index (χ0) is 20.3. The lowest BCUT2D eigenvalue weighted by Crippen LogP contribution is -2.28. The van der Waals surface area contributed by atoms with Crippen molar-refractivity contribution in [3.8, 4) is 10.6 Å². The number of thiazole rings is 1. The van der Waals surface area contributed by atoms with Crippen molar-refractivity contribution in [2.45, 2.75) is 51.9 Å². The van der Waals surface area contributed by atoms with E-state index in [2.05, 4.69) is 60.6 Å². The van der Waals surface area contributed by atoms with Gasteiger partial charge in [0.25, 0.3) is 0 Å². The van der Waals surface area contributed by atoms with Gasteiger partial charge in [0.1, 0.15) is 11.3 Å². The Labute approximate surface area is 173 Å². The average molecular weight is 416 g/mol. The Kier molecular flexibility index (Phi) is 6.51. The van der Waals surface area contributed by atoms with Crippen LogP contribution < -0.4 is 5.32 Å². The van der Waals surface area contributed by atoms with Crippen molar-refractivity contribution in [2.75, 3.05) is 5.75 Å². The normalized spacial score (nSPS) is 12.4. The van der Waals surface area contributed by atoms with E-state index in [9.17, 15) is 4.79 Å². The maximum absolute atomic E-state index is 12.4. The Morgan fingerprint density at radius 2 is 1.93 bits per heavy atom. The molecule has 1 aromatic carbocycles. The first-order valence-corrected chi connectivity index (χ1v) is 11.0. The second kappa shape index (κ2) is 8.87. The molecule has 1 amide bonds. The lowest BCUT2D eigenvalue weighted by Gasteiger charge is -2.13. The molecule has 8 heteroatoms. The average Bonchev–Trinajstić information content (AvgIpc) is 3.27. The molecule has 148 valence electrons. The van der Waals surface area contributed by atoms with E-state index in [4.69, 9.17) is 4.98 Å². The molecule has 1 N–H and O–H groups in total. The molecule has 0 fully saturated rings. The third-order valence-corrected chi connectivity index (χ3v) is 6.68.